The molecule has 0 heterocycles. The Morgan fingerprint density at radius 2 is 2.08 bits per heavy atom. The molecule has 0 saturated heterocycles. The van der Waals surface area contributed by atoms with Crippen molar-refractivity contribution in [2.75, 3.05) is 6.61 Å². The van der Waals surface area contributed by atoms with Crippen LogP contribution < -0.4 is 5.32 Å². The Morgan fingerprint density at radius 3 is 2.46 bits per heavy atom. The summed E-state index contributed by atoms with van der Waals surface area (Å²) in [5.74, 6) is -0.393. The maximum absolute atomic E-state index is 11.2. The van der Waals surface area contributed by atoms with Gasteiger partial charge in [0.15, 0.2) is 0 Å². The van der Waals surface area contributed by atoms with Crippen molar-refractivity contribution in [2.24, 2.45) is 0 Å². The van der Waals surface area contributed by atoms with Crippen LogP contribution in [0.4, 0.5) is 0 Å². The molecule has 0 aliphatic heterocycles. The number of nitrogens with one attached hydrogen (secondary N) is 1. The van der Waals surface area contributed by atoms with Crippen molar-refractivity contribution in [2.45, 2.75) is 44.2 Å². The molecular weight excluding hydrogens is 170 g/mol. The standard InChI is InChI=1S/C9H17NO3/c1-7(12)8(13)10-9(6-11)4-2-3-5-9/h7,11-12H,2-6H2,1H3,(H,10,13)/t7-/m1/s1. The van der Waals surface area contributed by atoms with Crippen LogP contribution in [0, 0.1) is 0 Å². The predicted molar refractivity (Wildman–Crippen MR) is 48.1 cm³/mol. The molecule has 0 aromatic carbocycles. The highest BCUT2D eigenvalue weighted by Crippen LogP contribution is 2.29. The fourth-order valence-electron chi connectivity index (χ4n) is 1.74. The number of hydrogen-bond acceptors (Lipinski definition) is 3. The summed E-state index contributed by atoms with van der Waals surface area (Å²) in [6.07, 6.45) is 2.68. The second kappa shape index (κ2) is 4.07. The van der Waals surface area contributed by atoms with E-state index in [1.54, 1.807) is 0 Å². The summed E-state index contributed by atoms with van der Waals surface area (Å²) in [7, 11) is 0. The van der Waals surface area contributed by atoms with Gasteiger partial charge in [-0.3, -0.25) is 4.79 Å². The van der Waals surface area contributed by atoms with Gasteiger partial charge in [-0.1, -0.05) is 12.8 Å². The van der Waals surface area contributed by atoms with Crippen LogP contribution in [0.25, 0.3) is 0 Å². The predicted octanol–water partition coefficient (Wildman–Crippen LogP) is -0.212. The number of carbonyl (C=O) groups excluding carboxylic acids is 1. The molecule has 1 rings (SSSR count). The Bertz CT molecular complexity index is 185. The van der Waals surface area contributed by atoms with Crippen LogP contribution in [0.5, 0.6) is 0 Å². The van der Waals surface area contributed by atoms with E-state index < -0.39 is 17.6 Å². The fraction of sp³-hybridized carbons (Fsp3) is 0.889. The van der Waals surface area contributed by atoms with Crippen LogP contribution >= 0.6 is 0 Å². The van der Waals surface area contributed by atoms with Gasteiger partial charge in [0.25, 0.3) is 0 Å². The summed E-state index contributed by atoms with van der Waals surface area (Å²) in [6.45, 7) is 1.39. The third kappa shape index (κ3) is 2.42. The van der Waals surface area contributed by atoms with Gasteiger partial charge in [-0.05, 0) is 19.8 Å². The molecule has 1 aliphatic carbocycles. The number of amides is 1. The van der Waals surface area contributed by atoms with Gasteiger partial charge >= 0.3 is 0 Å². The molecule has 4 heteroatoms. The summed E-state index contributed by atoms with van der Waals surface area (Å²) in [4.78, 5) is 11.2. The first kappa shape index (κ1) is 10.5. The zero-order chi connectivity index (χ0) is 9.90. The molecule has 0 radical (unpaired) electrons. The Kier molecular flexibility index (Phi) is 3.27. The fourth-order valence-corrected chi connectivity index (χ4v) is 1.74. The number of carbonyl (C=O) groups is 1. The lowest BCUT2D eigenvalue weighted by Gasteiger charge is -2.28. The minimum Gasteiger partial charge on any atom is -0.394 e. The lowest BCUT2D eigenvalue weighted by atomic mass is 9.98. The van der Waals surface area contributed by atoms with Gasteiger partial charge in [-0.25, -0.2) is 0 Å². The van der Waals surface area contributed by atoms with Gasteiger partial charge < -0.3 is 15.5 Å². The maximum atomic E-state index is 11.2. The van der Waals surface area contributed by atoms with Crippen molar-refractivity contribution >= 4 is 5.91 Å². The van der Waals surface area contributed by atoms with Gasteiger partial charge in [-0.15, -0.1) is 0 Å². The zero-order valence-electron chi connectivity index (χ0n) is 7.92. The minimum absolute atomic E-state index is 0.0362. The van der Waals surface area contributed by atoms with Crippen molar-refractivity contribution < 1.29 is 15.0 Å². The smallest absolute Gasteiger partial charge is 0.249 e. The minimum atomic E-state index is -0.996. The average molecular weight is 187 g/mol. The van der Waals surface area contributed by atoms with Gasteiger partial charge in [0.1, 0.15) is 6.10 Å². The molecule has 0 unspecified atom stereocenters. The monoisotopic (exact) mass is 187 g/mol. The Morgan fingerprint density at radius 1 is 1.54 bits per heavy atom. The molecule has 0 aromatic heterocycles. The summed E-state index contributed by atoms with van der Waals surface area (Å²) in [6, 6.07) is 0. The Hall–Kier alpha value is -0.610. The first-order valence-corrected chi connectivity index (χ1v) is 4.71. The SMILES string of the molecule is C[C@@H](O)C(=O)NC1(CO)CCCC1. The topological polar surface area (TPSA) is 69.6 Å². The zero-order valence-corrected chi connectivity index (χ0v) is 7.92. The molecule has 0 spiro atoms. The van der Waals surface area contributed by atoms with E-state index in [0.717, 1.165) is 25.7 Å². The molecule has 0 aromatic rings. The largest absolute Gasteiger partial charge is 0.394 e. The summed E-state index contributed by atoms with van der Waals surface area (Å²) in [5.41, 5.74) is -0.464. The number of hydrogen-bond donors (Lipinski definition) is 3. The molecule has 0 bridgehead atoms. The van der Waals surface area contributed by atoms with Crippen LogP contribution in [-0.2, 0) is 4.79 Å². The van der Waals surface area contributed by atoms with E-state index in [9.17, 15) is 4.79 Å². The highest BCUT2D eigenvalue weighted by atomic mass is 16.3. The summed E-state index contributed by atoms with van der Waals surface area (Å²) in [5, 5.41) is 20.9. The molecule has 1 fully saturated rings. The molecule has 3 N–H and O–H groups in total. The van der Waals surface area contributed by atoms with Gasteiger partial charge in [-0.2, -0.15) is 0 Å². The molecule has 13 heavy (non-hydrogen) atoms. The molecular formula is C9H17NO3. The second-order valence-corrected chi connectivity index (χ2v) is 3.81. The van der Waals surface area contributed by atoms with E-state index >= 15 is 0 Å². The lowest BCUT2D eigenvalue weighted by Crippen LogP contribution is -2.51. The van der Waals surface area contributed by atoms with E-state index in [-0.39, 0.29) is 6.61 Å². The van der Waals surface area contributed by atoms with Crippen molar-refractivity contribution in [3.8, 4) is 0 Å². The third-order valence-corrected chi connectivity index (χ3v) is 2.63. The van der Waals surface area contributed by atoms with Crippen LogP contribution in [0.1, 0.15) is 32.6 Å². The van der Waals surface area contributed by atoms with E-state index in [1.165, 1.54) is 6.92 Å². The molecule has 4 nitrogen and oxygen atoms in total. The average Bonchev–Trinajstić information content (AvgIpc) is 2.54. The second-order valence-electron chi connectivity index (χ2n) is 3.81. The maximum Gasteiger partial charge on any atom is 0.249 e. The van der Waals surface area contributed by atoms with Crippen molar-refractivity contribution in [1.82, 2.24) is 5.32 Å². The third-order valence-electron chi connectivity index (χ3n) is 2.63. The van der Waals surface area contributed by atoms with Gasteiger partial charge in [0.05, 0.1) is 12.1 Å². The van der Waals surface area contributed by atoms with E-state index in [2.05, 4.69) is 5.32 Å². The highest BCUT2D eigenvalue weighted by Gasteiger charge is 2.35. The van der Waals surface area contributed by atoms with E-state index in [1.807, 2.05) is 0 Å². The van der Waals surface area contributed by atoms with E-state index in [4.69, 9.17) is 10.2 Å². The number of rotatable bonds is 3. The summed E-state index contributed by atoms with van der Waals surface area (Å²) < 4.78 is 0. The quantitative estimate of drug-likeness (QED) is 0.572. The van der Waals surface area contributed by atoms with E-state index in [0.29, 0.717) is 0 Å². The molecule has 1 atom stereocenters. The molecule has 1 saturated carbocycles. The van der Waals surface area contributed by atoms with Crippen LogP contribution in [0.3, 0.4) is 0 Å². The molecule has 1 amide bonds. The van der Waals surface area contributed by atoms with Crippen LogP contribution in [-0.4, -0.2) is 34.4 Å². The normalized spacial score (nSPS) is 22.7. The Labute approximate surface area is 78.0 Å². The van der Waals surface area contributed by atoms with Gasteiger partial charge in [0, 0.05) is 0 Å². The number of aliphatic hydroxyl groups is 2. The van der Waals surface area contributed by atoms with Crippen LogP contribution in [0.2, 0.25) is 0 Å². The first-order chi connectivity index (χ1) is 6.09. The number of aliphatic hydroxyl groups excluding tert-OH is 2. The van der Waals surface area contributed by atoms with Crippen molar-refractivity contribution in [3.05, 3.63) is 0 Å². The van der Waals surface area contributed by atoms with Gasteiger partial charge in [0.2, 0.25) is 5.91 Å². The molecule has 76 valence electrons. The van der Waals surface area contributed by atoms with Crippen molar-refractivity contribution in [1.29, 1.82) is 0 Å². The van der Waals surface area contributed by atoms with Crippen LogP contribution in [0.15, 0.2) is 0 Å². The first-order valence-electron chi connectivity index (χ1n) is 4.71. The molecule has 1 aliphatic rings. The Balaban J connectivity index is 2.53. The van der Waals surface area contributed by atoms with Crippen molar-refractivity contribution in [3.63, 3.8) is 0 Å². The highest BCUT2D eigenvalue weighted by molar-refractivity contribution is 5.80. The summed E-state index contributed by atoms with van der Waals surface area (Å²) >= 11 is 0. The lowest BCUT2D eigenvalue weighted by molar-refractivity contribution is -0.131.